The second kappa shape index (κ2) is 9.60. The van der Waals surface area contributed by atoms with Gasteiger partial charge in [-0.25, -0.2) is 4.39 Å². The number of hydrogen-bond acceptors (Lipinski definition) is 3. The van der Waals surface area contributed by atoms with Crippen LogP contribution in [0.1, 0.15) is 53.4 Å². The lowest BCUT2D eigenvalue weighted by atomic mass is 9.98. The van der Waals surface area contributed by atoms with Crippen molar-refractivity contribution in [3.05, 3.63) is 70.4 Å². The molecule has 1 atom stereocenters. The molecule has 31 heavy (non-hydrogen) atoms. The molecule has 1 aromatic heterocycles. The topological polar surface area (TPSA) is 49.4 Å². The van der Waals surface area contributed by atoms with Crippen molar-refractivity contribution in [2.24, 2.45) is 0 Å². The summed E-state index contributed by atoms with van der Waals surface area (Å²) >= 11 is 1.50. The molecule has 0 aliphatic carbocycles. The fourth-order valence-electron chi connectivity index (χ4n) is 4.39. The number of thiophene rings is 1. The highest BCUT2D eigenvalue weighted by Crippen LogP contribution is 2.34. The first-order valence-electron chi connectivity index (χ1n) is 10.8. The van der Waals surface area contributed by atoms with Gasteiger partial charge in [-0.05, 0) is 54.0 Å². The van der Waals surface area contributed by atoms with Gasteiger partial charge in [0.05, 0.1) is 4.88 Å². The van der Waals surface area contributed by atoms with Gasteiger partial charge < -0.3 is 10.2 Å². The Hall–Kier alpha value is -2.73. The van der Waals surface area contributed by atoms with E-state index in [0.717, 1.165) is 53.4 Å². The van der Waals surface area contributed by atoms with E-state index >= 15 is 0 Å². The smallest absolute Gasteiger partial charge is 0.261 e. The van der Waals surface area contributed by atoms with Crippen LogP contribution in [-0.2, 0) is 17.8 Å². The summed E-state index contributed by atoms with van der Waals surface area (Å²) in [5.41, 5.74) is 1.87. The summed E-state index contributed by atoms with van der Waals surface area (Å²) in [7, 11) is 0. The van der Waals surface area contributed by atoms with Crippen LogP contribution in [0.15, 0.2) is 48.5 Å². The largest absolute Gasteiger partial charge is 0.347 e. The summed E-state index contributed by atoms with van der Waals surface area (Å²) in [6.45, 7) is 2.77. The molecule has 0 radical (unpaired) electrons. The molecule has 4 rings (SSSR count). The van der Waals surface area contributed by atoms with Crippen LogP contribution < -0.4 is 5.32 Å². The van der Waals surface area contributed by atoms with Gasteiger partial charge in [0.2, 0.25) is 5.91 Å². The first kappa shape index (κ1) is 21.5. The number of rotatable bonds is 5. The lowest BCUT2D eigenvalue weighted by molar-refractivity contribution is -0.131. The van der Waals surface area contributed by atoms with Crippen LogP contribution in [0.5, 0.6) is 0 Å². The molecule has 0 bridgehead atoms. The molecule has 0 saturated carbocycles. The Morgan fingerprint density at radius 1 is 1.10 bits per heavy atom. The lowest BCUT2D eigenvalue weighted by Gasteiger charge is -2.29. The number of carbonyl (C=O) groups excluding carboxylic acids is 2. The highest BCUT2D eigenvalue weighted by Gasteiger charge is 2.27. The number of carbonyl (C=O) groups is 2. The highest BCUT2D eigenvalue weighted by molar-refractivity contribution is 7.21. The molecule has 2 amide bonds. The van der Waals surface area contributed by atoms with Crippen molar-refractivity contribution in [1.29, 1.82) is 0 Å². The third-order valence-electron chi connectivity index (χ3n) is 5.99. The highest BCUT2D eigenvalue weighted by atomic mass is 32.1. The average Bonchev–Trinajstić information content (AvgIpc) is 2.96. The first-order valence-corrected chi connectivity index (χ1v) is 11.6. The predicted molar refractivity (Wildman–Crippen MR) is 123 cm³/mol. The standard InChI is InChI=1S/C25H27FN2O2S/c1-17(29)28-14-6-2-3-7-20(28)15-22-21-8-4-5-9-23(21)31-24(22)25(30)27-16-18-10-12-19(26)13-11-18/h4-5,8-13,20H,2-3,6-7,14-16H2,1H3,(H,27,30). The van der Waals surface area contributed by atoms with E-state index < -0.39 is 0 Å². The fraction of sp³-hybridized carbons (Fsp3) is 0.360. The third-order valence-corrected chi connectivity index (χ3v) is 7.20. The maximum Gasteiger partial charge on any atom is 0.261 e. The van der Waals surface area contributed by atoms with Gasteiger partial charge in [-0.1, -0.05) is 43.2 Å². The van der Waals surface area contributed by atoms with Crippen molar-refractivity contribution in [3.8, 4) is 0 Å². The van der Waals surface area contributed by atoms with Gasteiger partial charge in [0, 0.05) is 30.8 Å². The fourth-order valence-corrected chi connectivity index (χ4v) is 5.54. The summed E-state index contributed by atoms with van der Waals surface area (Å²) in [5.74, 6) is -0.308. The normalized spacial score (nSPS) is 16.8. The first-order chi connectivity index (χ1) is 15.0. The molecule has 1 unspecified atom stereocenters. The maximum atomic E-state index is 13.1. The zero-order chi connectivity index (χ0) is 21.8. The van der Waals surface area contributed by atoms with Crippen LogP contribution in [0, 0.1) is 5.82 Å². The molecular formula is C25H27FN2O2S. The van der Waals surface area contributed by atoms with E-state index in [9.17, 15) is 14.0 Å². The number of amides is 2. The van der Waals surface area contributed by atoms with Crippen LogP contribution in [-0.4, -0.2) is 29.3 Å². The minimum Gasteiger partial charge on any atom is -0.347 e. The van der Waals surface area contributed by atoms with Crippen LogP contribution in [0.3, 0.4) is 0 Å². The number of halogens is 1. The molecule has 0 spiro atoms. The number of nitrogens with one attached hydrogen (secondary N) is 1. The van der Waals surface area contributed by atoms with Crippen LogP contribution in [0.4, 0.5) is 4.39 Å². The van der Waals surface area contributed by atoms with E-state index in [-0.39, 0.29) is 23.7 Å². The molecule has 6 heteroatoms. The number of likely N-dealkylation sites (tertiary alicyclic amines) is 1. The van der Waals surface area contributed by atoms with Crippen LogP contribution in [0.2, 0.25) is 0 Å². The van der Waals surface area contributed by atoms with E-state index in [4.69, 9.17) is 0 Å². The quantitative estimate of drug-likeness (QED) is 0.587. The minimum absolute atomic E-state index is 0.105. The molecule has 1 N–H and O–H groups in total. The zero-order valence-corrected chi connectivity index (χ0v) is 18.5. The Morgan fingerprint density at radius 3 is 2.65 bits per heavy atom. The van der Waals surface area contributed by atoms with Crippen molar-refractivity contribution in [2.75, 3.05) is 6.54 Å². The molecule has 1 fully saturated rings. The number of fused-ring (bicyclic) bond motifs is 1. The van der Waals surface area contributed by atoms with Crippen LogP contribution >= 0.6 is 11.3 Å². The molecule has 1 aliphatic rings. The van der Waals surface area contributed by atoms with Gasteiger partial charge in [-0.15, -0.1) is 11.3 Å². The Kier molecular flexibility index (Phi) is 6.66. The summed E-state index contributed by atoms with van der Waals surface area (Å²) < 4.78 is 14.2. The summed E-state index contributed by atoms with van der Waals surface area (Å²) in [5, 5.41) is 4.08. The Bertz CT molecular complexity index is 1080. The Balaban J connectivity index is 1.61. The molecule has 2 aromatic carbocycles. The van der Waals surface area contributed by atoms with E-state index in [1.165, 1.54) is 23.5 Å². The van der Waals surface area contributed by atoms with Gasteiger partial charge in [0.1, 0.15) is 5.82 Å². The molecule has 1 saturated heterocycles. The minimum atomic E-state index is -0.291. The van der Waals surface area contributed by atoms with E-state index in [1.54, 1.807) is 19.1 Å². The number of benzene rings is 2. The Morgan fingerprint density at radius 2 is 1.87 bits per heavy atom. The van der Waals surface area contributed by atoms with E-state index in [1.807, 2.05) is 23.1 Å². The van der Waals surface area contributed by atoms with Crippen molar-refractivity contribution in [1.82, 2.24) is 10.2 Å². The predicted octanol–water partition coefficient (Wildman–Crippen LogP) is 5.30. The second-order valence-electron chi connectivity index (χ2n) is 8.13. The Labute approximate surface area is 186 Å². The van der Waals surface area contributed by atoms with Gasteiger partial charge in [0.25, 0.3) is 5.91 Å². The van der Waals surface area contributed by atoms with Gasteiger partial charge in [0.15, 0.2) is 0 Å². The summed E-state index contributed by atoms with van der Waals surface area (Å²) in [6, 6.07) is 14.3. The monoisotopic (exact) mass is 438 g/mol. The van der Waals surface area contributed by atoms with Crippen LogP contribution in [0.25, 0.3) is 10.1 Å². The molecule has 3 aromatic rings. The molecular weight excluding hydrogens is 411 g/mol. The molecule has 1 aliphatic heterocycles. The average molecular weight is 439 g/mol. The third kappa shape index (κ3) is 4.96. The summed E-state index contributed by atoms with van der Waals surface area (Å²) in [4.78, 5) is 28.1. The lowest BCUT2D eigenvalue weighted by Crippen LogP contribution is -2.40. The van der Waals surface area contributed by atoms with Gasteiger partial charge >= 0.3 is 0 Å². The van der Waals surface area contributed by atoms with E-state index in [2.05, 4.69) is 11.4 Å². The second-order valence-corrected chi connectivity index (χ2v) is 9.19. The number of nitrogens with zero attached hydrogens (tertiary/aromatic N) is 1. The summed E-state index contributed by atoms with van der Waals surface area (Å²) in [6.07, 6.45) is 4.91. The van der Waals surface area contributed by atoms with Crippen molar-refractivity contribution in [3.63, 3.8) is 0 Å². The van der Waals surface area contributed by atoms with Crippen molar-refractivity contribution < 1.29 is 14.0 Å². The number of hydrogen-bond donors (Lipinski definition) is 1. The maximum absolute atomic E-state index is 13.1. The zero-order valence-electron chi connectivity index (χ0n) is 17.7. The van der Waals surface area contributed by atoms with Crippen molar-refractivity contribution in [2.45, 2.75) is 51.6 Å². The molecule has 2 heterocycles. The molecule has 162 valence electrons. The SMILES string of the molecule is CC(=O)N1CCCCCC1Cc1c(C(=O)NCc2ccc(F)cc2)sc2ccccc12. The van der Waals surface area contributed by atoms with E-state index in [0.29, 0.717) is 17.8 Å². The van der Waals surface area contributed by atoms with Gasteiger partial charge in [-0.3, -0.25) is 9.59 Å². The van der Waals surface area contributed by atoms with Crippen molar-refractivity contribution >= 4 is 33.2 Å². The molecule has 4 nitrogen and oxygen atoms in total. The van der Waals surface area contributed by atoms with Gasteiger partial charge in [-0.2, -0.15) is 0 Å².